The summed E-state index contributed by atoms with van der Waals surface area (Å²) in [7, 11) is 2.23. The zero-order chi connectivity index (χ0) is 17.7. The van der Waals surface area contributed by atoms with E-state index in [1.165, 1.54) is 71.0 Å². The lowest BCUT2D eigenvalue weighted by Gasteiger charge is -2.28. The number of rotatable bonds is 0. The van der Waals surface area contributed by atoms with Gasteiger partial charge in [-0.1, -0.05) is 48.0 Å². The van der Waals surface area contributed by atoms with Crippen LogP contribution < -0.4 is 5.32 Å². The van der Waals surface area contributed by atoms with Gasteiger partial charge in [0.05, 0.1) is 0 Å². The van der Waals surface area contributed by atoms with Crippen LogP contribution in [-0.2, 0) is 0 Å². The van der Waals surface area contributed by atoms with E-state index in [1.54, 1.807) is 0 Å². The van der Waals surface area contributed by atoms with Crippen LogP contribution in [0.25, 0.3) is 0 Å². The molecule has 4 fully saturated rings. The number of hydrogen-bond acceptors (Lipinski definition) is 2. The van der Waals surface area contributed by atoms with Crippen molar-refractivity contribution in [1.29, 1.82) is 0 Å². The van der Waals surface area contributed by atoms with Crippen LogP contribution in [0, 0.1) is 11.3 Å². The maximum Gasteiger partial charge on any atom is 0.00702 e. The summed E-state index contributed by atoms with van der Waals surface area (Å²) in [5, 5.41) is 3.52. The molecule has 2 heteroatoms. The molecule has 2 heterocycles. The molecule has 1 N–H and O–H groups in total. The predicted molar refractivity (Wildman–Crippen MR) is 106 cm³/mol. The minimum Gasteiger partial charge on any atom is -0.314 e. The molecule has 140 valence electrons. The molecule has 4 rings (SSSR count). The van der Waals surface area contributed by atoms with Crippen LogP contribution in [0.15, 0.2) is 0 Å². The van der Waals surface area contributed by atoms with E-state index in [0.717, 1.165) is 17.4 Å². The van der Waals surface area contributed by atoms with Crippen LogP contribution in [-0.4, -0.2) is 37.6 Å². The molecular formula is C21H46N2. The van der Waals surface area contributed by atoms with Gasteiger partial charge in [-0.2, -0.15) is 0 Å². The number of piperidine rings is 1. The van der Waals surface area contributed by atoms with E-state index in [2.05, 4.69) is 17.3 Å². The van der Waals surface area contributed by atoms with E-state index >= 15 is 0 Å². The molecule has 2 aliphatic carbocycles. The van der Waals surface area contributed by atoms with Crippen molar-refractivity contribution in [3.8, 4) is 0 Å². The minimum absolute atomic E-state index is 0.868. The molecule has 0 aromatic heterocycles. The Labute approximate surface area is 147 Å². The zero-order valence-electron chi connectivity index (χ0n) is 17.4. The fourth-order valence-corrected chi connectivity index (χ4v) is 3.76. The molecule has 23 heavy (non-hydrogen) atoms. The smallest absolute Gasteiger partial charge is 0.00702 e. The first-order chi connectivity index (χ1) is 11.3. The summed E-state index contributed by atoms with van der Waals surface area (Å²) < 4.78 is 0. The fraction of sp³-hybridized carbons (Fsp3) is 1.00. The highest BCUT2D eigenvalue weighted by Crippen LogP contribution is 2.53. The van der Waals surface area contributed by atoms with Crippen molar-refractivity contribution in [3.63, 3.8) is 0 Å². The number of likely N-dealkylation sites (tertiary alicyclic amines) is 1. The fourth-order valence-electron chi connectivity index (χ4n) is 3.76. The second-order valence-electron chi connectivity index (χ2n) is 6.94. The minimum atomic E-state index is 0.868. The molecular weight excluding hydrogens is 280 g/mol. The van der Waals surface area contributed by atoms with Gasteiger partial charge in [0, 0.05) is 6.04 Å². The highest BCUT2D eigenvalue weighted by molar-refractivity contribution is 4.96. The quantitative estimate of drug-likeness (QED) is 0.612. The molecule has 0 amide bonds. The first-order valence-electron chi connectivity index (χ1n) is 10.7. The van der Waals surface area contributed by atoms with Gasteiger partial charge in [-0.25, -0.2) is 0 Å². The molecule has 0 aromatic rings. The summed E-state index contributed by atoms with van der Waals surface area (Å²) in [6.07, 6.45) is 11.9. The summed E-state index contributed by atoms with van der Waals surface area (Å²) in [5.41, 5.74) is 0.868. The van der Waals surface area contributed by atoms with E-state index in [1.807, 2.05) is 41.5 Å². The maximum atomic E-state index is 3.52. The molecule has 2 saturated carbocycles. The van der Waals surface area contributed by atoms with Crippen LogP contribution >= 0.6 is 0 Å². The number of nitrogens with zero attached hydrogens (tertiary/aromatic N) is 1. The van der Waals surface area contributed by atoms with Crippen molar-refractivity contribution in [2.75, 3.05) is 26.7 Å². The van der Waals surface area contributed by atoms with Crippen LogP contribution in [0.4, 0.5) is 0 Å². The average Bonchev–Trinajstić information content (AvgIpc) is 3.33. The Morgan fingerprint density at radius 2 is 1.39 bits per heavy atom. The van der Waals surface area contributed by atoms with E-state index in [0.29, 0.717) is 0 Å². The summed E-state index contributed by atoms with van der Waals surface area (Å²) in [5.74, 6) is 1.05. The van der Waals surface area contributed by atoms with Crippen LogP contribution in [0.3, 0.4) is 0 Å². The molecule has 0 aromatic carbocycles. The third-order valence-electron chi connectivity index (χ3n) is 5.48. The second-order valence-corrected chi connectivity index (χ2v) is 6.94. The summed E-state index contributed by atoms with van der Waals surface area (Å²) in [6.45, 7) is 16.0. The van der Waals surface area contributed by atoms with Gasteiger partial charge in [0.2, 0.25) is 0 Å². The second kappa shape index (κ2) is 13.2. The SMILES string of the molecule is C1CC2CNC(C1)C2.CC.CC.CC.CN1CCC2(CC1)CC2. The van der Waals surface area contributed by atoms with Gasteiger partial charge in [-0.3, -0.25) is 0 Å². The monoisotopic (exact) mass is 326 g/mol. The highest BCUT2D eigenvalue weighted by atomic mass is 15.1. The Kier molecular flexibility index (Phi) is 13.2. The van der Waals surface area contributed by atoms with Gasteiger partial charge < -0.3 is 10.2 Å². The Hall–Kier alpha value is -0.0800. The van der Waals surface area contributed by atoms with Gasteiger partial charge in [-0.05, 0) is 83.0 Å². The predicted octanol–water partition coefficient (Wildman–Crippen LogP) is 5.72. The van der Waals surface area contributed by atoms with E-state index in [9.17, 15) is 0 Å². The van der Waals surface area contributed by atoms with Gasteiger partial charge in [0.15, 0.2) is 0 Å². The molecule has 2 bridgehead atoms. The van der Waals surface area contributed by atoms with E-state index in [4.69, 9.17) is 0 Å². The topological polar surface area (TPSA) is 15.3 Å². The van der Waals surface area contributed by atoms with Crippen molar-refractivity contribution in [2.45, 2.75) is 99.0 Å². The lowest BCUT2D eigenvalue weighted by Crippen LogP contribution is -2.30. The normalized spacial score (nSPS) is 29.3. The van der Waals surface area contributed by atoms with Crippen LogP contribution in [0.1, 0.15) is 92.9 Å². The Bertz CT molecular complexity index is 237. The van der Waals surface area contributed by atoms with Crippen LogP contribution in [0.5, 0.6) is 0 Å². The van der Waals surface area contributed by atoms with E-state index < -0.39 is 0 Å². The first kappa shape index (κ1) is 22.9. The highest BCUT2D eigenvalue weighted by Gasteiger charge is 2.43. The summed E-state index contributed by atoms with van der Waals surface area (Å²) >= 11 is 0. The Morgan fingerprint density at radius 1 is 0.826 bits per heavy atom. The Balaban J connectivity index is 0.000000321. The van der Waals surface area contributed by atoms with Gasteiger partial charge in [-0.15, -0.1) is 0 Å². The molecule has 1 spiro atoms. The van der Waals surface area contributed by atoms with Crippen molar-refractivity contribution >= 4 is 0 Å². The summed E-state index contributed by atoms with van der Waals surface area (Å²) in [6, 6.07) is 0.911. The third-order valence-corrected chi connectivity index (χ3v) is 5.48. The van der Waals surface area contributed by atoms with E-state index in [-0.39, 0.29) is 0 Å². The van der Waals surface area contributed by atoms with Gasteiger partial charge >= 0.3 is 0 Å². The number of fused-ring (bicyclic) bond motifs is 2. The molecule has 2 aliphatic heterocycles. The number of nitrogens with one attached hydrogen (secondary N) is 1. The van der Waals surface area contributed by atoms with Crippen LogP contribution in [0.2, 0.25) is 0 Å². The van der Waals surface area contributed by atoms with Crippen molar-refractivity contribution < 1.29 is 0 Å². The lowest BCUT2D eigenvalue weighted by atomic mass is 9.91. The van der Waals surface area contributed by atoms with Crippen molar-refractivity contribution in [2.24, 2.45) is 11.3 Å². The standard InChI is InChI=1S/C8H15N.C7H13N.3C2H6/c1-9-6-4-8(2-3-8)5-7-9;1-2-6-4-7(3-1)8-5-6;3*1-2/h2-7H2,1H3;6-8H,1-5H2;3*1-2H3. The van der Waals surface area contributed by atoms with Crippen molar-refractivity contribution in [1.82, 2.24) is 10.2 Å². The molecule has 2 unspecified atom stereocenters. The van der Waals surface area contributed by atoms with Crippen molar-refractivity contribution in [3.05, 3.63) is 0 Å². The largest absolute Gasteiger partial charge is 0.314 e. The molecule has 0 radical (unpaired) electrons. The zero-order valence-corrected chi connectivity index (χ0v) is 17.4. The molecule has 2 nitrogen and oxygen atoms in total. The first-order valence-corrected chi connectivity index (χ1v) is 10.7. The summed E-state index contributed by atoms with van der Waals surface area (Å²) in [4.78, 5) is 2.45. The molecule has 4 aliphatic rings. The molecule has 2 saturated heterocycles. The lowest BCUT2D eigenvalue weighted by molar-refractivity contribution is 0.206. The molecule has 2 atom stereocenters. The Morgan fingerprint density at radius 3 is 1.83 bits per heavy atom. The van der Waals surface area contributed by atoms with Gasteiger partial charge in [0.1, 0.15) is 0 Å². The van der Waals surface area contributed by atoms with Gasteiger partial charge in [0.25, 0.3) is 0 Å². The third kappa shape index (κ3) is 8.54. The maximum absolute atomic E-state index is 3.52. The average molecular weight is 327 g/mol. The number of hydrogen-bond donors (Lipinski definition) is 1.